The molecule has 0 radical (unpaired) electrons. The van der Waals surface area contributed by atoms with E-state index in [1.807, 2.05) is 13.8 Å². The van der Waals surface area contributed by atoms with Crippen LogP contribution in [0.3, 0.4) is 0 Å². The first-order valence-electron chi connectivity index (χ1n) is 3.50. The highest BCUT2D eigenvalue weighted by Gasteiger charge is 2.05. The summed E-state index contributed by atoms with van der Waals surface area (Å²) in [7, 11) is 0. The first-order valence-corrected chi connectivity index (χ1v) is 3.50. The summed E-state index contributed by atoms with van der Waals surface area (Å²) in [6.07, 6.45) is 0.912. The molecule has 0 unspecified atom stereocenters. The van der Waals surface area contributed by atoms with Gasteiger partial charge in [-0.3, -0.25) is 4.79 Å². The topological polar surface area (TPSA) is 29.1 Å². The summed E-state index contributed by atoms with van der Waals surface area (Å²) in [5.74, 6) is 0.00912. The predicted octanol–water partition coefficient (Wildman–Crippen LogP) is 1.48. The van der Waals surface area contributed by atoms with Gasteiger partial charge in [-0.1, -0.05) is 19.1 Å². The lowest BCUT2D eigenvalue weighted by atomic mass is 10.1. The van der Waals surface area contributed by atoms with E-state index in [0.29, 0.717) is 0 Å². The molecule has 0 spiro atoms. The second-order valence-corrected chi connectivity index (χ2v) is 2.51. The fourth-order valence-corrected chi connectivity index (χ4v) is 0.819. The third-order valence-corrected chi connectivity index (χ3v) is 1.38. The predicted molar refractivity (Wildman–Crippen MR) is 42.7 cm³/mol. The Kier molecular flexibility index (Phi) is 3.77. The van der Waals surface area contributed by atoms with E-state index in [9.17, 15) is 4.79 Å². The van der Waals surface area contributed by atoms with Gasteiger partial charge < -0.3 is 5.32 Å². The van der Waals surface area contributed by atoms with Gasteiger partial charge in [0.25, 0.3) is 0 Å². The minimum absolute atomic E-state index is 0.00912. The molecule has 1 N–H and O–H groups in total. The van der Waals surface area contributed by atoms with E-state index in [1.165, 1.54) is 6.92 Å². The molecule has 0 aromatic heterocycles. The number of hydrogen-bond donors (Lipinski definition) is 1. The average Bonchev–Trinajstić information content (AvgIpc) is 1.81. The Balaban J connectivity index is 3.83. The van der Waals surface area contributed by atoms with Crippen LogP contribution < -0.4 is 5.32 Å². The highest BCUT2D eigenvalue weighted by molar-refractivity contribution is 5.73. The van der Waals surface area contributed by atoms with Crippen LogP contribution >= 0.6 is 0 Å². The van der Waals surface area contributed by atoms with Crippen LogP contribution in [-0.4, -0.2) is 11.9 Å². The van der Waals surface area contributed by atoms with Gasteiger partial charge in [-0.25, -0.2) is 0 Å². The number of carbonyl (C=O) groups is 1. The molecule has 0 saturated carbocycles. The van der Waals surface area contributed by atoms with Crippen molar-refractivity contribution in [2.75, 3.05) is 0 Å². The van der Waals surface area contributed by atoms with Crippen LogP contribution in [0.25, 0.3) is 0 Å². The van der Waals surface area contributed by atoms with Crippen LogP contribution in [0.1, 0.15) is 27.2 Å². The van der Waals surface area contributed by atoms with E-state index in [-0.39, 0.29) is 11.9 Å². The SMILES string of the molecule is C=C(C)[C@H](CC)NC(C)=O. The van der Waals surface area contributed by atoms with Crippen molar-refractivity contribution in [3.63, 3.8) is 0 Å². The summed E-state index contributed by atoms with van der Waals surface area (Å²) < 4.78 is 0. The van der Waals surface area contributed by atoms with Gasteiger partial charge in [0.1, 0.15) is 0 Å². The zero-order valence-corrected chi connectivity index (χ0v) is 6.90. The Morgan fingerprint density at radius 1 is 1.60 bits per heavy atom. The third kappa shape index (κ3) is 3.28. The van der Waals surface area contributed by atoms with Gasteiger partial charge in [0.05, 0.1) is 0 Å². The molecule has 0 aliphatic heterocycles. The summed E-state index contributed by atoms with van der Waals surface area (Å²) in [5.41, 5.74) is 1.01. The molecule has 0 bridgehead atoms. The van der Waals surface area contributed by atoms with E-state index in [1.54, 1.807) is 0 Å². The zero-order chi connectivity index (χ0) is 8.15. The molecular weight excluding hydrogens is 126 g/mol. The number of rotatable bonds is 3. The van der Waals surface area contributed by atoms with Crippen LogP contribution in [0.4, 0.5) is 0 Å². The third-order valence-electron chi connectivity index (χ3n) is 1.38. The van der Waals surface area contributed by atoms with E-state index in [0.717, 1.165) is 12.0 Å². The number of amides is 1. The first-order chi connectivity index (χ1) is 4.57. The smallest absolute Gasteiger partial charge is 0.217 e. The Labute approximate surface area is 62.3 Å². The van der Waals surface area contributed by atoms with Crippen molar-refractivity contribution in [1.29, 1.82) is 0 Å². The molecular formula is C8H15NO. The van der Waals surface area contributed by atoms with Gasteiger partial charge in [-0.15, -0.1) is 0 Å². The van der Waals surface area contributed by atoms with E-state index >= 15 is 0 Å². The van der Waals surface area contributed by atoms with Crippen LogP contribution in [0.2, 0.25) is 0 Å². The van der Waals surface area contributed by atoms with Crippen LogP contribution in [0.5, 0.6) is 0 Å². The van der Waals surface area contributed by atoms with Crippen molar-refractivity contribution in [3.8, 4) is 0 Å². The average molecular weight is 141 g/mol. The largest absolute Gasteiger partial charge is 0.350 e. The quantitative estimate of drug-likeness (QED) is 0.592. The summed E-state index contributed by atoms with van der Waals surface area (Å²) in [6, 6.07) is 0.150. The number of nitrogens with one attached hydrogen (secondary N) is 1. The van der Waals surface area contributed by atoms with E-state index < -0.39 is 0 Å². The van der Waals surface area contributed by atoms with Gasteiger partial charge >= 0.3 is 0 Å². The van der Waals surface area contributed by atoms with Crippen LogP contribution in [0, 0.1) is 0 Å². The molecule has 10 heavy (non-hydrogen) atoms. The van der Waals surface area contributed by atoms with Crippen molar-refractivity contribution in [2.45, 2.75) is 33.2 Å². The molecule has 2 nitrogen and oxygen atoms in total. The van der Waals surface area contributed by atoms with Crippen molar-refractivity contribution >= 4 is 5.91 Å². The molecule has 0 rings (SSSR count). The van der Waals surface area contributed by atoms with Gasteiger partial charge in [0.2, 0.25) is 5.91 Å². The second-order valence-electron chi connectivity index (χ2n) is 2.51. The van der Waals surface area contributed by atoms with Gasteiger partial charge in [-0.05, 0) is 13.3 Å². The van der Waals surface area contributed by atoms with Crippen LogP contribution in [0.15, 0.2) is 12.2 Å². The normalized spacial score (nSPS) is 12.3. The van der Waals surface area contributed by atoms with Crippen LogP contribution in [-0.2, 0) is 4.79 Å². The molecule has 0 fully saturated rings. The standard InChI is InChI=1S/C8H15NO/c1-5-8(6(2)3)9-7(4)10/h8H,2,5H2,1,3-4H3,(H,9,10)/t8-/m0/s1. The Morgan fingerprint density at radius 2 is 2.10 bits per heavy atom. The molecule has 2 heteroatoms. The molecule has 0 aromatic carbocycles. The summed E-state index contributed by atoms with van der Waals surface area (Å²) in [5, 5.41) is 2.79. The minimum atomic E-state index is 0.00912. The molecule has 1 atom stereocenters. The monoisotopic (exact) mass is 141 g/mol. The van der Waals surface area contributed by atoms with Crippen molar-refractivity contribution in [1.82, 2.24) is 5.32 Å². The molecule has 0 aromatic rings. The molecule has 0 aliphatic carbocycles. The maximum atomic E-state index is 10.6. The lowest BCUT2D eigenvalue weighted by Crippen LogP contribution is -2.32. The maximum absolute atomic E-state index is 10.6. The summed E-state index contributed by atoms with van der Waals surface area (Å²) >= 11 is 0. The highest BCUT2D eigenvalue weighted by atomic mass is 16.1. The molecule has 1 amide bonds. The van der Waals surface area contributed by atoms with Crippen molar-refractivity contribution < 1.29 is 4.79 Å². The Hall–Kier alpha value is -0.790. The fraction of sp³-hybridized carbons (Fsp3) is 0.625. The molecule has 0 heterocycles. The first kappa shape index (κ1) is 9.21. The lowest BCUT2D eigenvalue weighted by molar-refractivity contribution is -0.119. The van der Waals surface area contributed by atoms with E-state index in [4.69, 9.17) is 0 Å². The highest BCUT2D eigenvalue weighted by Crippen LogP contribution is 2.01. The molecule has 0 aliphatic rings. The van der Waals surface area contributed by atoms with Crippen molar-refractivity contribution in [2.24, 2.45) is 0 Å². The molecule has 58 valence electrons. The van der Waals surface area contributed by atoms with Gasteiger partial charge in [0.15, 0.2) is 0 Å². The number of hydrogen-bond acceptors (Lipinski definition) is 1. The van der Waals surface area contributed by atoms with E-state index in [2.05, 4.69) is 11.9 Å². The van der Waals surface area contributed by atoms with Gasteiger partial charge in [0, 0.05) is 13.0 Å². The minimum Gasteiger partial charge on any atom is -0.350 e. The number of carbonyl (C=O) groups excluding carboxylic acids is 1. The molecule has 0 saturated heterocycles. The second kappa shape index (κ2) is 4.09. The Bertz CT molecular complexity index is 140. The Morgan fingerprint density at radius 3 is 2.20 bits per heavy atom. The van der Waals surface area contributed by atoms with Gasteiger partial charge in [-0.2, -0.15) is 0 Å². The summed E-state index contributed by atoms with van der Waals surface area (Å²) in [6.45, 7) is 9.23. The zero-order valence-electron chi connectivity index (χ0n) is 6.90. The van der Waals surface area contributed by atoms with Crippen molar-refractivity contribution in [3.05, 3.63) is 12.2 Å². The fourth-order valence-electron chi connectivity index (χ4n) is 0.819. The lowest BCUT2D eigenvalue weighted by Gasteiger charge is -2.14. The summed E-state index contributed by atoms with van der Waals surface area (Å²) in [4.78, 5) is 10.6. The maximum Gasteiger partial charge on any atom is 0.217 e.